The molecular weight excluding hydrogens is 274 g/mol. The monoisotopic (exact) mass is 303 g/mol. The maximum absolute atomic E-state index is 12.0. The van der Waals surface area contributed by atoms with Crippen LogP contribution in [-0.4, -0.2) is 36.5 Å². The van der Waals surface area contributed by atoms with Gasteiger partial charge in [0.2, 0.25) is 5.91 Å². The first-order valence-electron chi connectivity index (χ1n) is 8.20. The lowest BCUT2D eigenvalue weighted by Crippen LogP contribution is -2.49. The average Bonchev–Trinajstić information content (AvgIpc) is 2.49. The van der Waals surface area contributed by atoms with Gasteiger partial charge in [0.1, 0.15) is 0 Å². The van der Waals surface area contributed by atoms with Crippen molar-refractivity contribution in [1.82, 2.24) is 10.2 Å². The molecule has 0 spiro atoms. The molecule has 0 aliphatic carbocycles. The molecule has 0 unspecified atom stereocenters. The van der Waals surface area contributed by atoms with Crippen molar-refractivity contribution in [3.05, 3.63) is 35.4 Å². The van der Waals surface area contributed by atoms with E-state index in [-0.39, 0.29) is 11.3 Å². The summed E-state index contributed by atoms with van der Waals surface area (Å²) in [7, 11) is 0. The van der Waals surface area contributed by atoms with Gasteiger partial charge in [-0.1, -0.05) is 45.0 Å². The third-order valence-electron chi connectivity index (χ3n) is 4.38. The molecular formula is C18H29N3O. The van der Waals surface area contributed by atoms with E-state index in [1.165, 1.54) is 11.1 Å². The van der Waals surface area contributed by atoms with Gasteiger partial charge in [-0.2, -0.15) is 0 Å². The Labute approximate surface area is 134 Å². The molecule has 22 heavy (non-hydrogen) atoms. The highest BCUT2D eigenvalue weighted by Crippen LogP contribution is 2.18. The fourth-order valence-corrected chi connectivity index (χ4v) is 2.76. The third-order valence-corrected chi connectivity index (χ3v) is 4.38. The van der Waals surface area contributed by atoms with Crippen molar-refractivity contribution in [2.75, 3.05) is 19.6 Å². The van der Waals surface area contributed by atoms with Crippen LogP contribution in [0.25, 0.3) is 0 Å². The number of amides is 1. The molecule has 0 radical (unpaired) electrons. The molecule has 1 aromatic carbocycles. The van der Waals surface area contributed by atoms with Gasteiger partial charge in [0.05, 0.1) is 6.04 Å². The quantitative estimate of drug-likeness (QED) is 0.817. The van der Waals surface area contributed by atoms with Crippen LogP contribution in [0.2, 0.25) is 0 Å². The van der Waals surface area contributed by atoms with E-state index in [1.807, 2.05) is 20.8 Å². The second kappa shape index (κ2) is 7.25. The topological polar surface area (TPSA) is 58.4 Å². The van der Waals surface area contributed by atoms with Crippen molar-refractivity contribution in [1.29, 1.82) is 0 Å². The van der Waals surface area contributed by atoms with Gasteiger partial charge >= 0.3 is 0 Å². The van der Waals surface area contributed by atoms with Crippen molar-refractivity contribution >= 4 is 5.91 Å². The van der Waals surface area contributed by atoms with E-state index in [1.54, 1.807) is 0 Å². The summed E-state index contributed by atoms with van der Waals surface area (Å²) in [6.07, 6.45) is 2.09. The molecule has 3 N–H and O–H groups in total. The smallest absolute Gasteiger partial charge is 0.237 e. The summed E-state index contributed by atoms with van der Waals surface area (Å²) in [5.41, 5.74) is 8.67. The summed E-state index contributed by atoms with van der Waals surface area (Å²) in [5, 5.41) is 2.96. The molecule has 1 aliphatic heterocycles. The Morgan fingerprint density at radius 1 is 1.32 bits per heavy atom. The van der Waals surface area contributed by atoms with Crippen LogP contribution in [0.3, 0.4) is 0 Å². The molecule has 0 saturated heterocycles. The number of nitrogens with one attached hydrogen (secondary N) is 1. The van der Waals surface area contributed by atoms with Crippen LogP contribution in [0.1, 0.15) is 38.3 Å². The molecule has 1 aliphatic rings. The number of fused-ring (bicyclic) bond motifs is 1. The molecule has 1 aromatic rings. The minimum Gasteiger partial charge on any atom is -0.355 e. The van der Waals surface area contributed by atoms with Gasteiger partial charge < -0.3 is 11.1 Å². The third kappa shape index (κ3) is 4.55. The van der Waals surface area contributed by atoms with Crippen molar-refractivity contribution in [2.45, 2.75) is 46.2 Å². The van der Waals surface area contributed by atoms with Gasteiger partial charge in [-0.3, -0.25) is 9.69 Å². The Morgan fingerprint density at radius 2 is 2.00 bits per heavy atom. The predicted molar refractivity (Wildman–Crippen MR) is 90.5 cm³/mol. The van der Waals surface area contributed by atoms with Crippen molar-refractivity contribution in [2.24, 2.45) is 11.1 Å². The number of carbonyl (C=O) groups is 1. The number of benzene rings is 1. The second-order valence-corrected chi connectivity index (χ2v) is 7.28. The number of rotatable bonds is 5. The fraction of sp³-hybridized carbons (Fsp3) is 0.611. The highest BCUT2D eigenvalue weighted by Gasteiger charge is 2.27. The van der Waals surface area contributed by atoms with Crippen LogP contribution in [-0.2, 0) is 17.8 Å². The molecule has 0 saturated carbocycles. The zero-order valence-corrected chi connectivity index (χ0v) is 14.1. The normalized spacial score (nSPS) is 16.9. The highest BCUT2D eigenvalue weighted by molar-refractivity contribution is 5.82. The highest BCUT2D eigenvalue weighted by atomic mass is 16.2. The Balaban J connectivity index is 1.69. The van der Waals surface area contributed by atoms with E-state index in [9.17, 15) is 4.79 Å². The van der Waals surface area contributed by atoms with Gasteiger partial charge in [-0.05, 0) is 29.4 Å². The van der Waals surface area contributed by atoms with Crippen LogP contribution >= 0.6 is 0 Å². The molecule has 0 bridgehead atoms. The number of nitrogens with zero attached hydrogens (tertiary/aromatic N) is 1. The average molecular weight is 303 g/mol. The van der Waals surface area contributed by atoms with Crippen molar-refractivity contribution in [3.63, 3.8) is 0 Å². The van der Waals surface area contributed by atoms with E-state index in [0.29, 0.717) is 6.54 Å². The van der Waals surface area contributed by atoms with Crippen LogP contribution in [0.15, 0.2) is 24.3 Å². The van der Waals surface area contributed by atoms with Crippen molar-refractivity contribution < 1.29 is 4.79 Å². The molecule has 1 amide bonds. The summed E-state index contributed by atoms with van der Waals surface area (Å²) in [6.45, 7) is 9.80. The van der Waals surface area contributed by atoms with E-state index < -0.39 is 6.04 Å². The van der Waals surface area contributed by atoms with Gasteiger partial charge in [0.15, 0.2) is 0 Å². The number of hydrogen-bond acceptors (Lipinski definition) is 3. The van der Waals surface area contributed by atoms with Crippen LogP contribution < -0.4 is 11.1 Å². The maximum Gasteiger partial charge on any atom is 0.237 e. The fourth-order valence-electron chi connectivity index (χ4n) is 2.76. The van der Waals surface area contributed by atoms with Gasteiger partial charge in [0.25, 0.3) is 0 Å². The van der Waals surface area contributed by atoms with Crippen molar-refractivity contribution in [3.8, 4) is 0 Å². The SMILES string of the molecule is CC(C)(C)[C@H](N)C(=O)NCCCN1CCc2ccccc2C1. The molecule has 0 fully saturated rings. The van der Waals surface area contributed by atoms with Gasteiger partial charge in [-0.25, -0.2) is 0 Å². The first kappa shape index (κ1) is 17.0. The molecule has 0 aromatic heterocycles. The van der Waals surface area contributed by atoms with Crippen LogP contribution in [0.5, 0.6) is 0 Å². The number of hydrogen-bond donors (Lipinski definition) is 2. The zero-order chi connectivity index (χ0) is 16.2. The molecule has 1 heterocycles. The van der Waals surface area contributed by atoms with E-state index in [4.69, 9.17) is 5.73 Å². The first-order chi connectivity index (χ1) is 10.4. The Bertz CT molecular complexity index is 507. The number of carbonyl (C=O) groups excluding carboxylic acids is 1. The maximum atomic E-state index is 12.0. The minimum absolute atomic E-state index is 0.0449. The van der Waals surface area contributed by atoms with E-state index in [0.717, 1.165) is 32.5 Å². The van der Waals surface area contributed by atoms with E-state index >= 15 is 0 Å². The summed E-state index contributed by atoms with van der Waals surface area (Å²) >= 11 is 0. The molecule has 4 heteroatoms. The summed E-state index contributed by atoms with van der Waals surface area (Å²) in [6, 6.07) is 8.21. The van der Waals surface area contributed by atoms with Crippen LogP contribution in [0, 0.1) is 5.41 Å². The predicted octanol–water partition coefficient (Wildman–Crippen LogP) is 1.92. The standard InChI is InChI=1S/C18H29N3O/c1-18(2,3)16(19)17(22)20-10-6-11-21-12-9-14-7-4-5-8-15(14)13-21/h4-5,7-8,16H,6,9-13,19H2,1-3H3,(H,20,22)/t16-/m1/s1. The zero-order valence-electron chi connectivity index (χ0n) is 14.1. The molecule has 4 nitrogen and oxygen atoms in total. The van der Waals surface area contributed by atoms with E-state index in [2.05, 4.69) is 34.5 Å². The largest absolute Gasteiger partial charge is 0.355 e. The summed E-state index contributed by atoms with van der Waals surface area (Å²) < 4.78 is 0. The van der Waals surface area contributed by atoms with Crippen LogP contribution in [0.4, 0.5) is 0 Å². The minimum atomic E-state index is -0.450. The molecule has 122 valence electrons. The lowest BCUT2D eigenvalue weighted by molar-refractivity contribution is -0.124. The van der Waals surface area contributed by atoms with Gasteiger partial charge in [-0.15, -0.1) is 0 Å². The first-order valence-corrected chi connectivity index (χ1v) is 8.20. The molecule has 1 atom stereocenters. The number of nitrogens with two attached hydrogens (primary N) is 1. The Kier molecular flexibility index (Phi) is 5.59. The molecule has 2 rings (SSSR count). The second-order valence-electron chi connectivity index (χ2n) is 7.28. The lowest BCUT2D eigenvalue weighted by atomic mass is 9.87. The van der Waals surface area contributed by atoms with Gasteiger partial charge in [0, 0.05) is 26.2 Å². The summed E-state index contributed by atoms with van der Waals surface area (Å²) in [4.78, 5) is 14.4. The lowest BCUT2D eigenvalue weighted by Gasteiger charge is -2.29. The Hall–Kier alpha value is -1.39. The Morgan fingerprint density at radius 3 is 2.68 bits per heavy atom. The summed E-state index contributed by atoms with van der Waals surface area (Å²) in [5.74, 6) is -0.0449.